The van der Waals surface area contributed by atoms with Crippen molar-refractivity contribution in [2.75, 3.05) is 11.6 Å². The van der Waals surface area contributed by atoms with Crippen molar-refractivity contribution in [3.05, 3.63) is 70.1 Å². The van der Waals surface area contributed by atoms with Gasteiger partial charge in [0.15, 0.2) is 15.0 Å². The molecule has 3 aromatic rings. The summed E-state index contributed by atoms with van der Waals surface area (Å²) in [5.41, 5.74) is 5.87. The highest BCUT2D eigenvalue weighted by Gasteiger charge is 2.14. The zero-order valence-corrected chi connectivity index (χ0v) is 17.1. The third kappa shape index (κ3) is 4.31. The van der Waals surface area contributed by atoms with Gasteiger partial charge in [-0.3, -0.25) is 10.1 Å². The van der Waals surface area contributed by atoms with Crippen LogP contribution in [0.3, 0.4) is 0 Å². The van der Waals surface area contributed by atoms with E-state index >= 15 is 0 Å². The van der Waals surface area contributed by atoms with Gasteiger partial charge in [0.25, 0.3) is 5.91 Å². The van der Waals surface area contributed by atoms with Gasteiger partial charge in [0.2, 0.25) is 0 Å². The molecule has 1 aromatic heterocycles. The van der Waals surface area contributed by atoms with Crippen molar-refractivity contribution in [1.29, 1.82) is 0 Å². The number of fused-ring (bicyclic) bond motifs is 1. The number of nitrogens with zero attached hydrogens (tertiary/aromatic N) is 1. The number of carbonyl (C=O) groups is 1. The monoisotopic (exact) mass is 412 g/mol. The summed E-state index contributed by atoms with van der Waals surface area (Å²) < 4.78 is 22.7. The predicted octanol–water partition coefficient (Wildman–Crippen LogP) is 4.10. The van der Waals surface area contributed by atoms with Gasteiger partial charge in [-0.1, -0.05) is 24.3 Å². The quantitative estimate of drug-likeness (QED) is 0.685. The van der Waals surface area contributed by atoms with E-state index < -0.39 is 9.84 Å². The number of carbonyl (C=O) groups excluding carboxylic acids is 1. The Balaban J connectivity index is 1.45. The summed E-state index contributed by atoms with van der Waals surface area (Å²) in [6.07, 6.45) is 4.66. The molecule has 0 fully saturated rings. The number of benzene rings is 2. The SMILES string of the molecule is CS(=O)(=O)Cc1ccc(C(=O)Nc2nc(-c3ccc4c(c3)CCC4)cs2)cc1. The minimum Gasteiger partial charge on any atom is -0.298 e. The van der Waals surface area contributed by atoms with E-state index in [1.54, 1.807) is 24.3 Å². The Kier molecular flexibility index (Phi) is 5.03. The fraction of sp³-hybridized carbons (Fsp3) is 0.238. The first kappa shape index (κ1) is 18.8. The molecule has 1 heterocycles. The molecule has 1 N–H and O–H groups in total. The van der Waals surface area contributed by atoms with E-state index in [-0.39, 0.29) is 11.7 Å². The summed E-state index contributed by atoms with van der Waals surface area (Å²) in [5, 5.41) is 5.31. The molecule has 0 atom stereocenters. The summed E-state index contributed by atoms with van der Waals surface area (Å²) >= 11 is 1.39. The van der Waals surface area contributed by atoms with Gasteiger partial charge in [0, 0.05) is 22.8 Å². The van der Waals surface area contributed by atoms with E-state index in [0.29, 0.717) is 16.3 Å². The van der Waals surface area contributed by atoms with Crippen LogP contribution in [0.2, 0.25) is 0 Å². The van der Waals surface area contributed by atoms with E-state index in [0.717, 1.165) is 24.1 Å². The summed E-state index contributed by atoms with van der Waals surface area (Å²) in [4.78, 5) is 17.0. The average Bonchev–Trinajstić information content (AvgIpc) is 3.29. The molecule has 144 valence electrons. The summed E-state index contributed by atoms with van der Waals surface area (Å²) in [6.45, 7) is 0. The number of nitrogens with one attached hydrogen (secondary N) is 1. The molecule has 4 rings (SSSR count). The van der Waals surface area contributed by atoms with Crippen molar-refractivity contribution in [1.82, 2.24) is 4.98 Å². The molecule has 0 saturated heterocycles. The Hall–Kier alpha value is -2.51. The van der Waals surface area contributed by atoms with Crippen LogP contribution in [-0.2, 0) is 28.4 Å². The van der Waals surface area contributed by atoms with Gasteiger partial charge in [-0.15, -0.1) is 11.3 Å². The average molecular weight is 413 g/mol. The lowest BCUT2D eigenvalue weighted by molar-refractivity contribution is 0.102. The van der Waals surface area contributed by atoms with Crippen molar-refractivity contribution in [3.63, 3.8) is 0 Å². The Labute approximate surface area is 168 Å². The fourth-order valence-electron chi connectivity index (χ4n) is 3.42. The molecule has 2 aromatic carbocycles. The molecular weight excluding hydrogens is 392 g/mol. The maximum absolute atomic E-state index is 12.4. The lowest BCUT2D eigenvalue weighted by Crippen LogP contribution is -2.11. The second kappa shape index (κ2) is 7.48. The van der Waals surface area contributed by atoms with Crippen molar-refractivity contribution in [3.8, 4) is 11.3 Å². The molecule has 0 radical (unpaired) electrons. The maximum Gasteiger partial charge on any atom is 0.257 e. The van der Waals surface area contributed by atoms with Gasteiger partial charge in [-0.25, -0.2) is 13.4 Å². The van der Waals surface area contributed by atoms with Crippen LogP contribution < -0.4 is 5.32 Å². The van der Waals surface area contributed by atoms with Crippen molar-refractivity contribution in [2.45, 2.75) is 25.0 Å². The lowest BCUT2D eigenvalue weighted by Gasteiger charge is -2.04. The van der Waals surface area contributed by atoms with Crippen molar-refractivity contribution < 1.29 is 13.2 Å². The number of amides is 1. The van der Waals surface area contributed by atoms with Gasteiger partial charge in [0.1, 0.15) is 0 Å². The molecule has 0 saturated carbocycles. The highest BCUT2D eigenvalue weighted by Crippen LogP contribution is 2.30. The van der Waals surface area contributed by atoms with Gasteiger partial charge in [-0.05, 0) is 54.2 Å². The smallest absolute Gasteiger partial charge is 0.257 e. The van der Waals surface area contributed by atoms with Crippen LogP contribution in [0.5, 0.6) is 0 Å². The van der Waals surface area contributed by atoms with Crippen LogP contribution in [0, 0.1) is 0 Å². The molecule has 0 aliphatic heterocycles. The van der Waals surface area contributed by atoms with E-state index in [4.69, 9.17) is 0 Å². The number of sulfone groups is 1. The Morgan fingerprint density at radius 3 is 2.61 bits per heavy atom. The Morgan fingerprint density at radius 1 is 1.11 bits per heavy atom. The minimum atomic E-state index is -3.10. The molecule has 5 nitrogen and oxygen atoms in total. The first-order chi connectivity index (χ1) is 13.4. The number of aryl methyl sites for hydroxylation is 2. The largest absolute Gasteiger partial charge is 0.298 e. The van der Waals surface area contributed by atoms with Crippen LogP contribution in [0.25, 0.3) is 11.3 Å². The maximum atomic E-state index is 12.4. The fourth-order valence-corrected chi connectivity index (χ4v) is 4.93. The number of anilines is 1. The number of aromatic nitrogens is 1. The molecule has 0 bridgehead atoms. The Bertz CT molecular complexity index is 1130. The molecule has 1 aliphatic rings. The molecule has 1 aliphatic carbocycles. The second-order valence-corrected chi connectivity index (χ2v) is 10.1. The van der Waals surface area contributed by atoms with Crippen LogP contribution in [0.1, 0.15) is 33.5 Å². The van der Waals surface area contributed by atoms with Gasteiger partial charge in [-0.2, -0.15) is 0 Å². The lowest BCUT2D eigenvalue weighted by atomic mass is 10.1. The van der Waals surface area contributed by atoms with E-state index in [9.17, 15) is 13.2 Å². The highest BCUT2D eigenvalue weighted by atomic mass is 32.2. The molecule has 28 heavy (non-hydrogen) atoms. The standard InChI is InChI=1S/C21H20N2O3S2/c1-28(25,26)13-14-5-7-16(8-6-14)20(24)23-21-22-19(12-27-21)18-10-9-15-3-2-4-17(15)11-18/h5-12H,2-4,13H2,1H3,(H,22,23,24). The van der Waals surface area contributed by atoms with E-state index in [1.807, 2.05) is 5.38 Å². The first-order valence-electron chi connectivity index (χ1n) is 9.03. The van der Waals surface area contributed by atoms with Crippen LogP contribution in [0.15, 0.2) is 47.8 Å². The molecule has 0 unspecified atom stereocenters. The zero-order valence-electron chi connectivity index (χ0n) is 15.4. The molecular formula is C21H20N2O3S2. The third-order valence-electron chi connectivity index (χ3n) is 4.76. The van der Waals surface area contributed by atoms with E-state index in [2.05, 4.69) is 28.5 Å². The normalized spacial score (nSPS) is 13.3. The number of thiazole rings is 1. The van der Waals surface area contributed by atoms with Gasteiger partial charge >= 0.3 is 0 Å². The van der Waals surface area contributed by atoms with Crippen LogP contribution >= 0.6 is 11.3 Å². The van der Waals surface area contributed by atoms with E-state index in [1.165, 1.54) is 35.1 Å². The second-order valence-electron chi connectivity index (χ2n) is 7.10. The number of hydrogen-bond acceptors (Lipinski definition) is 5. The number of hydrogen-bond donors (Lipinski definition) is 1. The summed E-state index contributed by atoms with van der Waals surface area (Å²) in [7, 11) is -3.10. The van der Waals surface area contributed by atoms with Crippen LogP contribution in [0.4, 0.5) is 5.13 Å². The highest BCUT2D eigenvalue weighted by molar-refractivity contribution is 7.89. The van der Waals surface area contributed by atoms with Crippen molar-refractivity contribution >= 4 is 32.2 Å². The minimum absolute atomic E-state index is 0.0362. The predicted molar refractivity (Wildman–Crippen MR) is 113 cm³/mol. The van der Waals surface area contributed by atoms with Crippen LogP contribution in [-0.4, -0.2) is 25.6 Å². The first-order valence-corrected chi connectivity index (χ1v) is 12.0. The summed E-state index contributed by atoms with van der Waals surface area (Å²) in [5.74, 6) is -0.299. The Morgan fingerprint density at radius 2 is 1.86 bits per heavy atom. The van der Waals surface area contributed by atoms with Gasteiger partial charge < -0.3 is 0 Å². The van der Waals surface area contributed by atoms with Gasteiger partial charge in [0.05, 0.1) is 11.4 Å². The third-order valence-corrected chi connectivity index (χ3v) is 6.38. The molecule has 7 heteroatoms. The molecule has 1 amide bonds. The topological polar surface area (TPSA) is 76.1 Å². The van der Waals surface area contributed by atoms with Crippen molar-refractivity contribution in [2.24, 2.45) is 0 Å². The number of rotatable bonds is 5. The molecule has 0 spiro atoms. The zero-order chi connectivity index (χ0) is 19.7. The summed E-state index contributed by atoms with van der Waals surface area (Å²) in [6, 6.07) is 13.0.